The summed E-state index contributed by atoms with van der Waals surface area (Å²) in [5.41, 5.74) is 1.35. The van der Waals surface area contributed by atoms with Crippen molar-refractivity contribution < 1.29 is 4.79 Å². The minimum atomic E-state index is 0.270. The summed E-state index contributed by atoms with van der Waals surface area (Å²) in [6.07, 6.45) is 1.03. The SMILES string of the molecule is CCN1CCN(CCc2ccccc2)CC1=O. The first-order valence-electron chi connectivity index (χ1n) is 6.33. The summed E-state index contributed by atoms with van der Waals surface area (Å²) in [5, 5.41) is 0. The number of benzene rings is 1. The van der Waals surface area contributed by atoms with Gasteiger partial charge in [-0.05, 0) is 18.9 Å². The molecule has 1 aromatic rings. The zero-order valence-electron chi connectivity index (χ0n) is 10.4. The van der Waals surface area contributed by atoms with E-state index in [0.29, 0.717) is 6.54 Å². The number of hydrogen-bond donors (Lipinski definition) is 0. The number of rotatable bonds is 4. The molecule has 0 N–H and O–H groups in total. The van der Waals surface area contributed by atoms with Crippen molar-refractivity contribution in [3.05, 3.63) is 35.9 Å². The van der Waals surface area contributed by atoms with Gasteiger partial charge in [-0.3, -0.25) is 9.69 Å². The van der Waals surface area contributed by atoms with Gasteiger partial charge in [-0.1, -0.05) is 30.3 Å². The molecule has 0 radical (unpaired) electrons. The molecule has 92 valence electrons. The fraction of sp³-hybridized carbons (Fsp3) is 0.500. The topological polar surface area (TPSA) is 23.6 Å². The number of amides is 1. The molecule has 1 fully saturated rings. The molecule has 3 heteroatoms. The van der Waals surface area contributed by atoms with E-state index in [1.54, 1.807) is 0 Å². The lowest BCUT2D eigenvalue weighted by Crippen LogP contribution is -2.50. The third kappa shape index (κ3) is 3.30. The van der Waals surface area contributed by atoms with E-state index in [1.165, 1.54) is 5.56 Å². The van der Waals surface area contributed by atoms with Crippen molar-refractivity contribution in [2.24, 2.45) is 0 Å². The Labute approximate surface area is 103 Å². The summed E-state index contributed by atoms with van der Waals surface area (Å²) in [6.45, 7) is 6.33. The molecule has 1 amide bonds. The Morgan fingerprint density at radius 2 is 1.94 bits per heavy atom. The van der Waals surface area contributed by atoms with Gasteiger partial charge < -0.3 is 4.90 Å². The smallest absolute Gasteiger partial charge is 0.236 e. The van der Waals surface area contributed by atoms with E-state index >= 15 is 0 Å². The van der Waals surface area contributed by atoms with Crippen LogP contribution in [0.15, 0.2) is 30.3 Å². The Morgan fingerprint density at radius 3 is 2.59 bits per heavy atom. The van der Waals surface area contributed by atoms with Crippen molar-refractivity contribution in [1.29, 1.82) is 0 Å². The molecule has 0 bridgehead atoms. The number of nitrogens with zero attached hydrogens (tertiary/aromatic N) is 2. The fourth-order valence-electron chi connectivity index (χ4n) is 2.21. The normalized spacial score (nSPS) is 17.5. The third-order valence-electron chi connectivity index (χ3n) is 3.34. The van der Waals surface area contributed by atoms with E-state index in [4.69, 9.17) is 0 Å². The molecular formula is C14H20N2O. The van der Waals surface area contributed by atoms with Crippen molar-refractivity contribution in [1.82, 2.24) is 9.80 Å². The van der Waals surface area contributed by atoms with Crippen molar-refractivity contribution in [2.45, 2.75) is 13.3 Å². The van der Waals surface area contributed by atoms with E-state index in [2.05, 4.69) is 29.2 Å². The Morgan fingerprint density at radius 1 is 1.18 bits per heavy atom. The van der Waals surface area contributed by atoms with Crippen LogP contribution in [0.25, 0.3) is 0 Å². The first-order chi connectivity index (χ1) is 8.29. The minimum absolute atomic E-state index is 0.270. The molecule has 0 aliphatic carbocycles. The van der Waals surface area contributed by atoms with E-state index in [1.807, 2.05) is 17.9 Å². The highest BCUT2D eigenvalue weighted by Crippen LogP contribution is 2.06. The van der Waals surface area contributed by atoms with E-state index in [9.17, 15) is 4.79 Å². The van der Waals surface area contributed by atoms with Gasteiger partial charge in [0.15, 0.2) is 0 Å². The Kier molecular flexibility index (Phi) is 4.15. The molecule has 0 atom stereocenters. The molecule has 0 aromatic heterocycles. The molecule has 1 aliphatic heterocycles. The average Bonchev–Trinajstić information content (AvgIpc) is 2.38. The van der Waals surface area contributed by atoms with Crippen molar-refractivity contribution in [2.75, 3.05) is 32.7 Å². The highest BCUT2D eigenvalue weighted by atomic mass is 16.2. The molecule has 1 saturated heterocycles. The van der Waals surface area contributed by atoms with Gasteiger partial charge in [0.1, 0.15) is 0 Å². The van der Waals surface area contributed by atoms with E-state index in [-0.39, 0.29) is 5.91 Å². The maximum Gasteiger partial charge on any atom is 0.236 e. The van der Waals surface area contributed by atoms with Crippen LogP contribution in [0.5, 0.6) is 0 Å². The van der Waals surface area contributed by atoms with E-state index in [0.717, 1.165) is 32.6 Å². The summed E-state index contributed by atoms with van der Waals surface area (Å²) in [5.74, 6) is 0.270. The van der Waals surface area contributed by atoms with Gasteiger partial charge in [0, 0.05) is 26.2 Å². The Bertz CT molecular complexity index is 364. The monoisotopic (exact) mass is 232 g/mol. The van der Waals surface area contributed by atoms with Crippen LogP contribution in [-0.4, -0.2) is 48.4 Å². The first-order valence-corrected chi connectivity index (χ1v) is 6.33. The van der Waals surface area contributed by atoms with E-state index < -0.39 is 0 Å². The summed E-state index contributed by atoms with van der Waals surface area (Å²) in [7, 11) is 0. The molecule has 1 aliphatic rings. The van der Waals surface area contributed by atoms with Crippen LogP contribution in [0.3, 0.4) is 0 Å². The Hall–Kier alpha value is -1.35. The van der Waals surface area contributed by atoms with Crippen molar-refractivity contribution in [3.63, 3.8) is 0 Å². The second-order valence-electron chi connectivity index (χ2n) is 4.49. The largest absolute Gasteiger partial charge is 0.341 e. The van der Waals surface area contributed by atoms with Crippen LogP contribution in [0.2, 0.25) is 0 Å². The van der Waals surface area contributed by atoms with Crippen LogP contribution in [0.4, 0.5) is 0 Å². The van der Waals surface area contributed by atoms with Gasteiger partial charge in [-0.15, -0.1) is 0 Å². The summed E-state index contributed by atoms with van der Waals surface area (Å²) in [6, 6.07) is 10.5. The number of likely N-dealkylation sites (N-methyl/N-ethyl adjacent to an activating group) is 1. The van der Waals surface area contributed by atoms with Crippen molar-refractivity contribution in [3.8, 4) is 0 Å². The van der Waals surface area contributed by atoms with Gasteiger partial charge in [-0.2, -0.15) is 0 Å². The van der Waals surface area contributed by atoms with Crippen LogP contribution in [0.1, 0.15) is 12.5 Å². The summed E-state index contributed by atoms with van der Waals surface area (Å²) < 4.78 is 0. The molecule has 2 rings (SSSR count). The van der Waals surface area contributed by atoms with Crippen molar-refractivity contribution >= 4 is 5.91 Å². The summed E-state index contributed by atoms with van der Waals surface area (Å²) >= 11 is 0. The predicted octanol–water partition coefficient (Wildman–Crippen LogP) is 1.39. The van der Waals surface area contributed by atoms with Gasteiger partial charge >= 0.3 is 0 Å². The van der Waals surface area contributed by atoms with Gasteiger partial charge in [0.05, 0.1) is 6.54 Å². The lowest BCUT2D eigenvalue weighted by Gasteiger charge is -2.33. The minimum Gasteiger partial charge on any atom is -0.341 e. The molecule has 0 saturated carbocycles. The molecule has 0 unspecified atom stereocenters. The molecule has 3 nitrogen and oxygen atoms in total. The lowest BCUT2D eigenvalue weighted by molar-refractivity contribution is -0.135. The van der Waals surface area contributed by atoms with Crippen LogP contribution >= 0.6 is 0 Å². The molecule has 0 spiro atoms. The lowest BCUT2D eigenvalue weighted by atomic mass is 10.1. The number of hydrogen-bond acceptors (Lipinski definition) is 2. The van der Waals surface area contributed by atoms with Gasteiger partial charge in [0.2, 0.25) is 5.91 Å². The second-order valence-corrected chi connectivity index (χ2v) is 4.49. The zero-order chi connectivity index (χ0) is 12.1. The summed E-state index contributed by atoms with van der Waals surface area (Å²) in [4.78, 5) is 15.9. The van der Waals surface area contributed by atoms with Crippen LogP contribution in [0, 0.1) is 0 Å². The zero-order valence-corrected chi connectivity index (χ0v) is 10.4. The second kappa shape index (κ2) is 5.82. The highest BCUT2D eigenvalue weighted by Gasteiger charge is 2.21. The number of piperazine rings is 1. The van der Waals surface area contributed by atoms with Crippen LogP contribution in [-0.2, 0) is 11.2 Å². The quantitative estimate of drug-likeness (QED) is 0.783. The molecule has 1 heterocycles. The third-order valence-corrected chi connectivity index (χ3v) is 3.34. The fourth-order valence-corrected chi connectivity index (χ4v) is 2.21. The maximum absolute atomic E-state index is 11.7. The highest BCUT2D eigenvalue weighted by molar-refractivity contribution is 5.78. The predicted molar refractivity (Wildman–Crippen MR) is 68.8 cm³/mol. The first kappa shape index (κ1) is 12.1. The maximum atomic E-state index is 11.7. The van der Waals surface area contributed by atoms with Gasteiger partial charge in [0.25, 0.3) is 0 Å². The molecule has 17 heavy (non-hydrogen) atoms. The Balaban J connectivity index is 1.80. The average molecular weight is 232 g/mol. The van der Waals surface area contributed by atoms with Crippen LogP contribution < -0.4 is 0 Å². The number of carbonyl (C=O) groups is 1. The standard InChI is InChI=1S/C14H20N2O/c1-2-16-11-10-15(12-14(16)17)9-8-13-6-4-3-5-7-13/h3-7H,2,8-12H2,1H3. The molecular weight excluding hydrogens is 212 g/mol. The number of carbonyl (C=O) groups excluding carboxylic acids is 1. The molecule has 1 aromatic carbocycles. The van der Waals surface area contributed by atoms with Gasteiger partial charge in [-0.25, -0.2) is 0 Å².